The third kappa shape index (κ3) is 9.87. The molecule has 0 aliphatic heterocycles. The van der Waals surface area contributed by atoms with Crippen molar-refractivity contribution in [2.24, 2.45) is 0 Å². The van der Waals surface area contributed by atoms with Crippen LogP contribution in [0.15, 0.2) is 121 Å². The highest BCUT2D eigenvalue weighted by atomic mass is 31.2. The largest absolute Gasteiger partial charge is 0.344 e. The molecule has 4 rings (SSSR count). The van der Waals surface area contributed by atoms with Gasteiger partial charge in [-0.25, -0.2) is 0 Å². The first-order valence-electron chi connectivity index (χ1n) is 16.3. The van der Waals surface area contributed by atoms with E-state index in [9.17, 15) is 18.7 Å². The van der Waals surface area contributed by atoms with E-state index in [-0.39, 0.29) is 24.1 Å². The normalized spacial score (nSPS) is 11.9. The second kappa shape index (κ2) is 17.6. The molecule has 0 aliphatic rings. The zero-order chi connectivity index (χ0) is 34.6. The molecule has 4 aromatic rings. The maximum atomic E-state index is 14.3. The van der Waals surface area contributed by atoms with E-state index in [2.05, 4.69) is 9.80 Å². The summed E-state index contributed by atoms with van der Waals surface area (Å²) in [6.45, 7) is 3.93. The lowest BCUT2D eigenvalue weighted by Gasteiger charge is -2.27. The molecule has 0 aliphatic carbocycles. The lowest BCUT2D eigenvalue weighted by atomic mass is 10.4. The fourth-order valence-corrected chi connectivity index (χ4v) is 10.6. The zero-order valence-corrected chi connectivity index (χ0v) is 30.3. The highest BCUT2D eigenvalue weighted by Crippen LogP contribution is 2.44. The first-order chi connectivity index (χ1) is 23.0. The average Bonchev–Trinajstić information content (AvgIpc) is 3.13. The molecule has 0 spiro atoms. The standard InChI is InChI=1S/C38H48N4O4P2/c1-39(27-29-41(3)37(43)31-47(45,33-17-9-5-10-18-33)34-19-11-6-12-20-34)25-26-40(2)28-30-42(4)38(44)32-48(46,35-21-13-7-14-22-35)36-23-15-8-16-24-36/h5-24H,25-32H2,1-4H3. The van der Waals surface area contributed by atoms with E-state index in [1.54, 1.807) is 23.9 Å². The molecule has 0 saturated heterocycles. The number of hydrogen-bond acceptors (Lipinski definition) is 6. The smallest absolute Gasteiger partial charge is 0.230 e. The van der Waals surface area contributed by atoms with Crippen LogP contribution < -0.4 is 21.2 Å². The second-order valence-corrected chi connectivity index (χ2v) is 18.0. The summed E-state index contributed by atoms with van der Waals surface area (Å²) in [6, 6.07) is 37.1. The summed E-state index contributed by atoms with van der Waals surface area (Å²) in [6.07, 6.45) is -0.106. The monoisotopic (exact) mass is 686 g/mol. The van der Waals surface area contributed by atoms with Gasteiger partial charge in [-0.3, -0.25) is 9.59 Å². The van der Waals surface area contributed by atoms with Crippen LogP contribution in [0, 0.1) is 0 Å². The molecule has 10 heteroatoms. The van der Waals surface area contributed by atoms with Gasteiger partial charge in [-0.2, -0.15) is 0 Å². The van der Waals surface area contributed by atoms with Crippen LogP contribution in [0.25, 0.3) is 0 Å². The van der Waals surface area contributed by atoms with Gasteiger partial charge in [-0.15, -0.1) is 0 Å². The molecule has 0 radical (unpaired) electrons. The fourth-order valence-electron chi connectivity index (χ4n) is 5.42. The van der Waals surface area contributed by atoms with Crippen LogP contribution in [-0.2, 0) is 18.7 Å². The quantitative estimate of drug-likeness (QED) is 0.157. The van der Waals surface area contributed by atoms with Gasteiger partial charge < -0.3 is 28.7 Å². The first kappa shape index (κ1) is 37.0. The Balaban J connectivity index is 1.23. The number of benzene rings is 4. The van der Waals surface area contributed by atoms with Crippen LogP contribution in [0.3, 0.4) is 0 Å². The van der Waals surface area contributed by atoms with Crippen LogP contribution >= 0.6 is 14.3 Å². The lowest BCUT2D eigenvalue weighted by molar-refractivity contribution is -0.128. The molecule has 0 aromatic heterocycles. The molecular formula is C38H48N4O4P2. The number of rotatable bonds is 17. The Labute approximate surface area is 286 Å². The summed E-state index contributed by atoms with van der Waals surface area (Å²) in [4.78, 5) is 34.3. The molecule has 0 atom stereocenters. The van der Waals surface area contributed by atoms with E-state index in [4.69, 9.17) is 0 Å². The van der Waals surface area contributed by atoms with E-state index < -0.39 is 14.3 Å². The lowest BCUT2D eigenvalue weighted by Crippen LogP contribution is -2.41. The Morgan fingerprint density at radius 1 is 0.417 bits per heavy atom. The molecule has 0 unspecified atom stereocenters. The summed E-state index contributed by atoms with van der Waals surface area (Å²) in [7, 11) is 1.32. The van der Waals surface area contributed by atoms with Gasteiger partial charge in [-0.05, 0) is 14.1 Å². The summed E-state index contributed by atoms with van der Waals surface area (Å²) >= 11 is 0. The minimum Gasteiger partial charge on any atom is -0.344 e. The van der Waals surface area contributed by atoms with Gasteiger partial charge in [0.15, 0.2) is 14.3 Å². The average molecular weight is 687 g/mol. The van der Waals surface area contributed by atoms with Crippen molar-refractivity contribution in [1.29, 1.82) is 0 Å². The number of hydrogen-bond donors (Lipinski definition) is 0. The van der Waals surface area contributed by atoms with Crippen LogP contribution in [0.2, 0.25) is 0 Å². The van der Waals surface area contributed by atoms with Crippen molar-refractivity contribution >= 4 is 47.3 Å². The molecule has 254 valence electrons. The third-order valence-electron chi connectivity index (χ3n) is 8.76. The van der Waals surface area contributed by atoms with Crippen LogP contribution in [0.1, 0.15) is 0 Å². The molecule has 0 saturated carbocycles. The van der Waals surface area contributed by atoms with Crippen LogP contribution in [0.5, 0.6) is 0 Å². The van der Waals surface area contributed by atoms with Gasteiger partial charge in [0.25, 0.3) is 0 Å². The van der Waals surface area contributed by atoms with E-state index in [1.165, 1.54) is 0 Å². The highest BCUT2D eigenvalue weighted by molar-refractivity contribution is 7.79. The number of amides is 2. The van der Waals surface area contributed by atoms with Gasteiger partial charge in [0.2, 0.25) is 11.8 Å². The maximum absolute atomic E-state index is 14.3. The Bertz CT molecular complexity index is 1480. The number of nitrogens with zero attached hydrogens (tertiary/aromatic N) is 4. The molecular weight excluding hydrogens is 638 g/mol. The van der Waals surface area contributed by atoms with E-state index in [0.29, 0.717) is 47.4 Å². The van der Waals surface area contributed by atoms with Gasteiger partial charge in [0.1, 0.15) is 0 Å². The van der Waals surface area contributed by atoms with E-state index >= 15 is 0 Å². The summed E-state index contributed by atoms with van der Waals surface area (Å²) in [5.41, 5.74) is 0. The predicted molar refractivity (Wildman–Crippen MR) is 200 cm³/mol. The molecule has 8 nitrogen and oxygen atoms in total. The van der Waals surface area contributed by atoms with Crippen LogP contribution in [-0.4, -0.2) is 111 Å². The number of carbonyl (C=O) groups is 2. The van der Waals surface area contributed by atoms with Gasteiger partial charge >= 0.3 is 0 Å². The SMILES string of the molecule is CN(CCN(C)CCN(C)C(=O)CP(=O)(c1ccccc1)c1ccccc1)CCN(C)C(=O)CP(=O)(c1ccccc1)c1ccccc1. The minimum atomic E-state index is -3.13. The number of carbonyl (C=O) groups excluding carboxylic acids is 2. The van der Waals surface area contributed by atoms with E-state index in [0.717, 1.165) is 13.1 Å². The van der Waals surface area contributed by atoms with Gasteiger partial charge in [0, 0.05) is 74.6 Å². The Kier molecular flexibility index (Phi) is 13.5. The molecule has 2 amide bonds. The first-order valence-corrected chi connectivity index (χ1v) is 20.1. The van der Waals surface area contributed by atoms with Crippen molar-refractivity contribution in [2.45, 2.75) is 0 Å². The van der Waals surface area contributed by atoms with Gasteiger partial charge in [0.05, 0.1) is 12.3 Å². The molecule has 4 aromatic carbocycles. The zero-order valence-electron chi connectivity index (χ0n) is 28.5. The molecule has 0 fully saturated rings. The van der Waals surface area contributed by atoms with Crippen molar-refractivity contribution < 1.29 is 18.7 Å². The molecule has 0 bridgehead atoms. The van der Waals surface area contributed by atoms with Crippen molar-refractivity contribution in [3.63, 3.8) is 0 Å². The highest BCUT2D eigenvalue weighted by Gasteiger charge is 2.32. The van der Waals surface area contributed by atoms with Crippen molar-refractivity contribution in [2.75, 3.05) is 79.8 Å². The predicted octanol–water partition coefficient (Wildman–Crippen LogP) is 3.80. The summed E-state index contributed by atoms with van der Waals surface area (Å²) in [5, 5.41) is 2.75. The number of likely N-dealkylation sites (N-methyl/N-ethyl adjacent to an activating group) is 4. The van der Waals surface area contributed by atoms with Crippen LogP contribution in [0.4, 0.5) is 0 Å². The summed E-state index contributed by atoms with van der Waals surface area (Å²) in [5.74, 6) is -0.290. The minimum absolute atomic E-state index is 0.0532. The Hall–Kier alpha value is -3.80. The van der Waals surface area contributed by atoms with Crippen molar-refractivity contribution in [3.05, 3.63) is 121 Å². The van der Waals surface area contributed by atoms with Gasteiger partial charge in [-0.1, -0.05) is 121 Å². The summed E-state index contributed by atoms with van der Waals surface area (Å²) < 4.78 is 28.6. The van der Waals surface area contributed by atoms with E-state index in [1.807, 2.05) is 135 Å². The topological polar surface area (TPSA) is 81.2 Å². The van der Waals surface area contributed by atoms with Crippen molar-refractivity contribution in [3.8, 4) is 0 Å². The molecule has 0 N–H and O–H groups in total. The molecule has 0 heterocycles. The Morgan fingerprint density at radius 3 is 0.896 bits per heavy atom. The maximum Gasteiger partial charge on any atom is 0.230 e. The van der Waals surface area contributed by atoms with Crippen molar-refractivity contribution in [1.82, 2.24) is 19.6 Å². The Morgan fingerprint density at radius 2 is 0.646 bits per heavy atom. The second-order valence-electron chi connectivity index (χ2n) is 12.4. The fraction of sp³-hybridized carbons (Fsp3) is 0.316. The third-order valence-corrected chi connectivity index (χ3v) is 14.7. The molecule has 48 heavy (non-hydrogen) atoms.